The molecule has 0 aliphatic heterocycles. The third-order valence-electron chi connectivity index (χ3n) is 3.78. The molecule has 0 unspecified atom stereocenters. The fourth-order valence-corrected chi connectivity index (χ4v) is 2.56. The molecule has 1 heterocycles. The summed E-state index contributed by atoms with van der Waals surface area (Å²) >= 11 is 0. The van der Waals surface area contributed by atoms with Crippen LogP contribution in [0.1, 0.15) is 49.4 Å². The highest BCUT2D eigenvalue weighted by Crippen LogP contribution is 2.23. The molecule has 128 valence electrons. The van der Waals surface area contributed by atoms with Gasteiger partial charge in [-0.05, 0) is 32.4 Å². The molecule has 0 radical (unpaired) electrons. The molecule has 2 aromatic rings. The molecule has 1 amide bonds. The quantitative estimate of drug-likeness (QED) is 0.748. The summed E-state index contributed by atoms with van der Waals surface area (Å²) in [5.41, 5.74) is 1.47. The zero-order valence-corrected chi connectivity index (χ0v) is 14.7. The predicted octanol–water partition coefficient (Wildman–Crippen LogP) is 3.86. The first-order valence-corrected chi connectivity index (χ1v) is 8.62. The Morgan fingerprint density at radius 1 is 1.12 bits per heavy atom. The van der Waals surface area contributed by atoms with E-state index >= 15 is 0 Å². The Balaban J connectivity index is 2.19. The second kappa shape index (κ2) is 9.01. The molecule has 5 nitrogen and oxygen atoms in total. The van der Waals surface area contributed by atoms with E-state index in [2.05, 4.69) is 34.0 Å². The van der Waals surface area contributed by atoms with Crippen LogP contribution in [0.15, 0.2) is 36.4 Å². The highest BCUT2D eigenvalue weighted by molar-refractivity contribution is 5.93. The van der Waals surface area contributed by atoms with Gasteiger partial charge in [0.15, 0.2) is 0 Å². The van der Waals surface area contributed by atoms with E-state index in [1.807, 2.05) is 37.3 Å². The van der Waals surface area contributed by atoms with E-state index in [4.69, 9.17) is 0 Å². The Bertz CT molecular complexity index is 658. The molecule has 0 bridgehead atoms. The summed E-state index contributed by atoms with van der Waals surface area (Å²) in [4.78, 5) is 23.2. The first kappa shape index (κ1) is 17.9. The normalized spacial score (nSPS) is 10.5. The highest BCUT2D eigenvalue weighted by atomic mass is 16.1. The number of unbranched alkanes of at least 4 members (excludes halogenated alkanes) is 2. The lowest BCUT2D eigenvalue weighted by Gasteiger charge is -2.22. The Morgan fingerprint density at radius 3 is 2.54 bits per heavy atom. The zero-order chi connectivity index (χ0) is 17.4. The molecule has 1 N–H and O–H groups in total. The molecule has 0 fully saturated rings. The second-order valence-electron chi connectivity index (χ2n) is 5.70. The smallest absolute Gasteiger partial charge is 0.270 e. The van der Waals surface area contributed by atoms with E-state index < -0.39 is 0 Å². The number of nitrogens with zero attached hydrogens (tertiary/aromatic N) is 3. The van der Waals surface area contributed by atoms with Crippen LogP contribution in [0.4, 0.5) is 11.5 Å². The maximum absolute atomic E-state index is 12.3. The molecule has 1 aromatic heterocycles. The van der Waals surface area contributed by atoms with Gasteiger partial charge < -0.3 is 10.2 Å². The van der Waals surface area contributed by atoms with Crippen molar-refractivity contribution in [2.75, 3.05) is 18.0 Å². The Kier molecular flexibility index (Phi) is 6.73. The monoisotopic (exact) mass is 326 g/mol. The SMILES string of the molecule is CCCCCNC(=O)c1cc(N(CC)c2ccccc2)nc(C)n1. The summed E-state index contributed by atoms with van der Waals surface area (Å²) in [7, 11) is 0. The molecule has 5 heteroatoms. The van der Waals surface area contributed by atoms with Gasteiger partial charge in [0.1, 0.15) is 17.3 Å². The van der Waals surface area contributed by atoms with Gasteiger partial charge in [0.2, 0.25) is 0 Å². The van der Waals surface area contributed by atoms with Crippen molar-refractivity contribution in [2.24, 2.45) is 0 Å². The lowest BCUT2D eigenvalue weighted by Crippen LogP contribution is -2.27. The molecule has 2 rings (SSSR count). The van der Waals surface area contributed by atoms with E-state index in [0.717, 1.165) is 37.3 Å². The van der Waals surface area contributed by atoms with Gasteiger partial charge >= 0.3 is 0 Å². The van der Waals surface area contributed by atoms with Crippen LogP contribution in [0.25, 0.3) is 0 Å². The minimum atomic E-state index is -0.137. The van der Waals surface area contributed by atoms with Crippen LogP contribution >= 0.6 is 0 Å². The van der Waals surface area contributed by atoms with Crippen molar-refractivity contribution in [2.45, 2.75) is 40.0 Å². The average Bonchev–Trinajstić information content (AvgIpc) is 2.60. The molecule has 0 atom stereocenters. The fraction of sp³-hybridized carbons (Fsp3) is 0.421. The minimum Gasteiger partial charge on any atom is -0.351 e. The summed E-state index contributed by atoms with van der Waals surface area (Å²) in [6.07, 6.45) is 3.24. The lowest BCUT2D eigenvalue weighted by atomic mass is 10.2. The van der Waals surface area contributed by atoms with Gasteiger partial charge in [-0.15, -0.1) is 0 Å². The average molecular weight is 326 g/mol. The van der Waals surface area contributed by atoms with Crippen molar-refractivity contribution >= 4 is 17.4 Å². The van der Waals surface area contributed by atoms with Crippen molar-refractivity contribution in [1.82, 2.24) is 15.3 Å². The minimum absolute atomic E-state index is 0.137. The van der Waals surface area contributed by atoms with E-state index in [1.54, 1.807) is 6.07 Å². The summed E-state index contributed by atoms with van der Waals surface area (Å²) in [6.45, 7) is 7.47. The molecule has 1 aromatic carbocycles. The van der Waals surface area contributed by atoms with Gasteiger partial charge in [-0.1, -0.05) is 38.0 Å². The molecular formula is C19H26N4O. The number of para-hydroxylation sites is 1. The Hall–Kier alpha value is -2.43. The van der Waals surface area contributed by atoms with Gasteiger partial charge in [-0.3, -0.25) is 4.79 Å². The van der Waals surface area contributed by atoms with Crippen molar-refractivity contribution < 1.29 is 4.79 Å². The van der Waals surface area contributed by atoms with Crippen LogP contribution in [0, 0.1) is 6.92 Å². The number of benzene rings is 1. The number of amides is 1. The van der Waals surface area contributed by atoms with Gasteiger partial charge in [0, 0.05) is 24.8 Å². The van der Waals surface area contributed by atoms with Gasteiger partial charge in [0.25, 0.3) is 5.91 Å². The van der Waals surface area contributed by atoms with Crippen LogP contribution in [0.3, 0.4) is 0 Å². The van der Waals surface area contributed by atoms with Crippen LogP contribution in [-0.2, 0) is 0 Å². The molecule has 0 aliphatic rings. The second-order valence-corrected chi connectivity index (χ2v) is 5.70. The molecule has 0 saturated carbocycles. The third-order valence-corrected chi connectivity index (χ3v) is 3.78. The number of carbonyl (C=O) groups is 1. The number of rotatable bonds is 8. The Labute approximate surface area is 144 Å². The number of hydrogen-bond acceptors (Lipinski definition) is 4. The summed E-state index contributed by atoms with van der Waals surface area (Å²) < 4.78 is 0. The number of nitrogens with one attached hydrogen (secondary N) is 1. The van der Waals surface area contributed by atoms with E-state index in [9.17, 15) is 4.79 Å². The van der Waals surface area contributed by atoms with Crippen LogP contribution in [0.2, 0.25) is 0 Å². The summed E-state index contributed by atoms with van der Waals surface area (Å²) in [6, 6.07) is 11.8. The van der Waals surface area contributed by atoms with E-state index in [0.29, 0.717) is 18.1 Å². The van der Waals surface area contributed by atoms with Crippen LogP contribution < -0.4 is 10.2 Å². The molecular weight excluding hydrogens is 300 g/mol. The summed E-state index contributed by atoms with van der Waals surface area (Å²) in [5, 5.41) is 2.94. The fourth-order valence-electron chi connectivity index (χ4n) is 2.56. The van der Waals surface area contributed by atoms with E-state index in [1.165, 1.54) is 0 Å². The van der Waals surface area contributed by atoms with E-state index in [-0.39, 0.29) is 5.91 Å². The van der Waals surface area contributed by atoms with Gasteiger partial charge in [-0.25, -0.2) is 9.97 Å². The van der Waals surface area contributed by atoms with Crippen molar-refractivity contribution in [1.29, 1.82) is 0 Å². The third kappa shape index (κ3) is 4.78. The van der Waals surface area contributed by atoms with Crippen molar-refractivity contribution in [3.63, 3.8) is 0 Å². The van der Waals surface area contributed by atoms with Crippen LogP contribution in [-0.4, -0.2) is 29.0 Å². The first-order valence-electron chi connectivity index (χ1n) is 8.62. The van der Waals surface area contributed by atoms with Crippen molar-refractivity contribution in [3.05, 3.63) is 47.9 Å². The number of aryl methyl sites for hydroxylation is 1. The zero-order valence-electron chi connectivity index (χ0n) is 14.7. The molecule has 0 spiro atoms. The van der Waals surface area contributed by atoms with Gasteiger partial charge in [0.05, 0.1) is 0 Å². The number of aromatic nitrogens is 2. The molecule has 0 saturated heterocycles. The maximum atomic E-state index is 12.3. The van der Waals surface area contributed by atoms with Crippen LogP contribution in [0.5, 0.6) is 0 Å². The lowest BCUT2D eigenvalue weighted by molar-refractivity contribution is 0.0947. The van der Waals surface area contributed by atoms with Gasteiger partial charge in [-0.2, -0.15) is 0 Å². The topological polar surface area (TPSA) is 58.1 Å². The highest BCUT2D eigenvalue weighted by Gasteiger charge is 2.14. The largest absolute Gasteiger partial charge is 0.351 e. The summed E-state index contributed by atoms with van der Waals surface area (Å²) in [5.74, 6) is 1.21. The predicted molar refractivity (Wildman–Crippen MR) is 97.7 cm³/mol. The molecule has 24 heavy (non-hydrogen) atoms. The number of anilines is 2. The Morgan fingerprint density at radius 2 is 1.88 bits per heavy atom. The maximum Gasteiger partial charge on any atom is 0.270 e. The first-order chi connectivity index (χ1) is 11.7. The number of hydrogen-bond donors (Lipinski definition) is 1. The standard InChI is InChI=1S/C19H26N4O/c1-4-6-10-13-20-19(24)17-14-18(22-15(3)21-17)23(5-2)16-11-8-7-9-12-16/h7-9,11-12,14H,4-6,10,13H2,1-3H3,(H,20,24). The van der Waals surface area contributed by atoms with Crippen molar-refractivity contribution in [3.8, 4) is 0 Å². The molecule has 0 aliphatic carbocycles. The number of carbonyl (C=O) groups excluding carboxylic acids is 1.